The molecule has 0 unspecified atom stereocenters. The summed E-state index contributed by atoms with van der Waals surface area (Å²) in [4.78, 5) is 0. The summed E-state index contributed by atoms with van der Waals surface area (Å²) in [6.07, 6.45) is 2.68. The van der Waals surface area contributed by atoms with E-state index in [1.165, 1.54) is 12.8 Å². The Morgan fingerprint density at radius 2 is 2.00 bits per heavy atom. The Kier molecular flexibility index (Phi) is 2.59. The monoisotopic (exact) mass is 211 g/mol. The van der Waals surface area contributed by atoms with E-state index in [2.05, 4.69) is 15.5 Å². The minimum atomic E-state index is 0.500. The first-order valence-corrected chi connectivity index (χ1v) is 5.29. The zero-order valence-electron chi connectivity index (χ0n) is 8.47. The number of aromatic nitrogens is 2. The summed E-state index contributed by atoms with van der Waals surface area (Å²) in [6.45, 7) is 5.00. The molecule has 1 aliphatic rings. The fraction of sp³-hybridized carbons (Fsp3) is 0.600. The summed E-state index contributed by atoms with van der Waals surface area (Å²) >= 11 is 5.86. The topological polar surface area (TPSA) is 37.8 Å². The summed E-state index contributed by atoms with van der Waals surface area (Å²) in [5, 5.41) is 11.7. The SMILES string of the molecule is Cc1c(Cl)nnc(NCC2CC2)c1C. The van der Waals surface area contributed by atoms with Crippen LogP contribution in [0, 0.1) is 19.8 Å². The zero-order valence-corrected chi connectivity index (χ0v) is 9.23. The van der Waals surface area contributed by atoms with E-state index in [0.717, 1.165) is 29.4 Å². The van der Waals surface area contributed by atoms with Crippen molar-refractivity contribution in [1.29, 1.82) is 0 Å². The van der Waals surface area contributed by atoms with Crippen molar-refractivity contribution < 1.29 is 0 Å². The average molecular weight is 212 g/mol. The molecule has 0 radical (unpaired) electrons. The second kappa shape index (κ2) is 3.73. The van der Waals surface area contributed by atoms with Crippen molar-refractivity contribution in [2.24, 2.45) is 5.92 Å². The van der Waals surface area contributed by atoms with Gasteiger partial charge in [0.05, 0.1) is 0 Å². The van der Waals surface area contributed by atoms with Gasteiger partial charge in [-0.2, -0.15) is 0 Å². The molecule has 0 spiro atoms. The largest absolute Gasteiger partial charge is 0.368 e. The smallest absolute Gasteiger partial charge is 0.155 e. The maximum absolute atomic E-state index is 5.86. The fourth-order valence-electron chi connectivity index (χ4n) is 1.31. The van der Waals surface area contributed by atoms with Gasteiger partial charge in [0.25, 0.3) is 0 Å². The number of hydrogen-bond acceptors (Lipinski definition) is 3. The normalized spacial score (nSPS) is 15.6. The molecule has 1 aliphatic carbocycles. The minimum Gasteiger partial charge on any atom is -0.368 e. The summed E-state index contributed by atoms with van der Waals surface area (Å²) in [5.74, 6) is 1.71. The maximum Gasteiger partial charge on any atom is 0.155 e. The van der Waals surface area contributed by atoms with Crippen LogP contribution in [-0.2, 0) is 0 Å². The van der Waals surface area contributed by atoms with Crippen molar-refractivity contribution in [3.63, 3.8) is 0 Å². The van der Waals surface area contributed by atoms with Crippen LogP contribution in [0.15, 0.2) is 0 Å². The quantitative estimate of drug-likeness (QED) is 0.835. The molecule has 1 N–H and O–H groups in total. The molecule has 1 heterocycles. The van der Waals surface area contributed by atoms with Crippen molar-refractivity contribution in [3.05, 3.63) is 16.3 Å². The molecule has 1 fully saturated rings. The van der Waals surface area contributed by atoms with Gasteiger partial charge >= 0.3 is 0 Å². The van der Waals surface area contributed by atoms with Crippen molar-refractivity contribution in [2.45, 2.75) is 26.7 Å². The highest BCUT2D eigenvalue weighted by Crippen LogP contribution is 2.29. The van der Waals surface area contributed by atoms with E-state index in [1.54, 1.807) is 0 Å². The van der Waals surface area contributed by atoms with Crippen LogP contribution < -0.4 is 5.32 Å². The van der Waals surface area contributed by atoms with Crippen LogP contribution in [0.1, 0.15) is 24.0 Å². The van der Waals surface area contributed by atoms with E-state index in [-0.39, 0.29) is 0 Å². The van der Waals surface area contributed by atoms with Gasteiger partial charge in [-0.3, -0.25) is 0 Å². The molecule has 0 aromatic carbocycles. The predicted octanol–water partition coefficient (Wildman–Crippen LogP) is 2.57. The van der Waals surface area contributed by atoms with E-state index in [0.29, 0.717) is 5.15 Å². The average Bonchev–Trinajstić information content (AvgIpc) is 2.97. The first-order chi connectivity index (χ1) is 6.68. The van der Waals surface area contributed by atoms with Gasteiger partial charge in [0, 0.05) is 6.54 Å². The second-order valence-electron chi connectivity index (χ2n) is 3.91. The summed E-state index contributed by atoms with van der Waals surface area (Å²) in [6, 6.07) is 0. The van der Waals surface area contributed by atoms with E-state index < -0.39 is 0 Å². The van der Waals surface area contributed by atoms with Crippen molar-refractivity contribution in [1.82, 2.24) is 10.2 Å². The Morgan fingerprint density at radius 1 is 1.29 bits per heavy atom. The minimum absolute atomic E-state index is 0.500. The molecule has 4 heteroatoms. The van der Waals surface area contributed by atoms with E-state index >= 15 is 0 Å². The van der Waals surface area contributed by atoms with E-state index in [1.807, 2.05) is 13.8 Å². The van der Waals surface area contributed by atoms with Gasteiger partial charge in [-0.1, -0.05) is 11.6 Å². The molecule has 1 aromatic heterocycles. The molecule has 0 atom stereocenters. The third-order valence-electron chi connectivity index (χ3n) is 2.72. The van der Waals surface area contributed by atoms with Gasteiger partial charge < -0.3 is 5.32 Å². The summed E-state index contributed by atoms with van der Waals surface area (Å²) < 4.78 is 0. The van der Waals surface area contributed by atoms with Crippen LogP contribution in [0.3, 0.4) is 0 Å². The predicted molar refractivity (Wildman–Crippen MR) is 57.7 cm³/mol. The van der Waals surface area contributed by atoms with Crippen LogP contribution in [0.2, 0.25) is 5.15 Å². The Labute approximate surface area is 88.9 Å². The van der Waals surface area contributed by atoms with Gasteiger partial charge in [-0.05, 0) is 43.7 Å². The number of rotatable bonds is 3. The Morgan fingerprint density at radius 3 is 2.64 bits per heavy atom. The van der Waals surface area contributed by atoms with Gasteiger partial charge in [0.1, 0.15) is 0 Å². The Balaban J connectivity index is 2.11. The standard InChI is InChI=1S/C10H14ClN3/c1-6-7(2)10(14-13-9(6)11)12-5-8-3-4-8/h8H,3-5H2,1-2H3,(H,12,14). The fourth-order valence-corrected chi connectivity index (χ4v) is 1.49. The van der Waals surface area contributed by atoms with Crippen LogP contribution in [-0.4, -0.2) is 16.7 Å². The molecular weight excluding hydrogens is 198 g/mol. The van der Waals surface area contributed by atoms with Gasteiger partial charge in [0.2, 0.25) is 0 Å². The number of halogens is 1. The molecule has 14 heavy (non-hydrogen) atoms. The number of nitrogens with one attached hydrogen (secondary N) is 1. The first kappa shape index (κ1) is 9.71. The molecule has 0 saturated heterocycles. The lowest BCUT2D eigenvalue weighted by molar-refractivity contribution is 0.867. The highest BCUT2D eigenvalue weighted by atomic mass is 35.5. The van der Waals surface area contributed by atoms with Crippen LogP contribution in [0.4, 0.5) is 5.82 Å². The lowest BCUT2D eigenvalue weighted by Crippen LogP contribution is -2.08. The summed E-state index contributed by atoms with van der Waals surface area (Å²) in [7, 11) is 0. The van der Waals surface area contributed by atoms with E-state index in [4.69, 9.17) is 11.6 Å². The van der Waals surface area contributed by atoms with Gasteiger partial charge in [0.15, 0.2) is 11.0 Å². The molecule has 0 bridgehead atoms. The van der Waals surface area contributed by atoms with E-state index in [9.17, 15) is 0 Å². The molecule has 2 rings (SSSR count). The lowest BCUT2D eigenvalue weighted by atomic mass is 10.2. The summed E-state index contributed by atoms with van der Waals surface area (Å²) in [5.41, 5.74) is 2.12. The Bertz CT molecular complexity index is 347. The first-order valence-electron chi connectivity index (χ1n) is 4.91. The second-order valence-corrected chi connectivity index (χ2v) is 4.27. The van der Waals surface area contributed by atoms with Crippen molar-refractivity contribution >= 4 is 17.4 Å². The van der Waals surface area contributed by atoms with Crippen molar-refractivity contribution in [2.75, 3.05) is 11.9 Å². The zero-order chi connectivity index (χ0) is 10.1. The molecule has 0 amide bonds. The molecule has 3 nitrogen and oxygen atoms in total. The molecule has 76 valence electrons. The Hall–Kier alpha value is -0.830. The number of nitrogens with zero attached hydrogens (tertiary/aromatic N) is 2. The number of hydrogen-bond donors (Lipinski definition) is 1. The third-order valence-corrected chi connectivity index (χ3v) is 3.08. The highest BCUT2D eigenvalue weighted by molar-refractivity contribution is 6.30. The van der Waals surface area contributed by atoms with Gasteiger partial charge in [-0.15, -0.1) is 10.2 Å². The van der Waals surface area contributed by atoms with Crippen molar-refractivity contribution in [3.8, 4) is 0 Å². The van der Waals surface area contributed by atoms with Crippen LogP contribution in [0.5, 0.6) is 0 Å². The van der Waals surface area contributed by atoms with Crippen LogP contribution in [0.25, 0.3) is 0 Å². The highest BCUT2D eigenvalue weighted by Gasteiger charge is 2.21. The maximum atomic E-state index is 5.86. The number of anilines is 1. The molecule has 0 aliphatic heterocycles. The molecule has 1 saturated carbocycles. The molecular formula is C10H14ClN3. The van der Waals surface area contributed by atoms with Gasteiger partial charge in [-0.25, -0.2) is 0 Å². The molecule has 1 aromatic rings. The van der Waals surface area contributed by atoms with Crippen LogP contribution >= 0.6 is 11.6 Å². The third kappa shape index (κ3) is 1.98. The lowest BCUT2D eigenvalue weighted by Gasteiger charge is -2.09.